The second-order valence-corrected chi connectivity index (χ2v) is 3.29. The average molecular weight is 156 g/mol. The topological polar surface area (TPSA) is 15.3 Å². The van der Waals surface area contributed by atoms with Crippen LogP contribution in [0.2, 0.25) is 0 Å². The molecular formula is C9H20N2. The highest BCUT2D eigenvalue weighted by Crippen LogP contribution is 1.84. The van der Waals surface area contributed by atoms with Crippen molar-refractivity contribution in [1.29, 1.82) is 0 Å². The summed E-state index contributed by atoms with van der Waals surface area (Å²) >= 11 is 0. The molecule has 0 aromatic rings. The summed E-state index contributed by atoms with van der Waals surface area (Å²) in [5.41, 5.74) is 1.20. The van der Waals surface area contributed by atoms with Gasteiger partial charge in [0.25, 0.3) is 0 Å². The molecule has 0 aliphatic carbocycles. The van der Waals surface area contributed by atoms with E-state index in [-0.39, 0.29) is 0 Å². The molecule has 0 amide bonds. The molecule has 0 aliphatic rings. The van der Waals surface area contributed by atoms with Gasteiger partial charge in [0.1, 0.15) is 0 Å². The summed E-state index contributed by atoms with van der Waals surface area (Å²) in [4.78, 5) is 2.20. The SMILES string of the molecule is C=C(C)CNCCCN(C)C. The van der Waals surface area contributed by atoms with Crippen LogP contribution in [0.5, 0.6) is 0 Å². The predicted molar refractivity (Wildman–Crippen MR) is 50.9 cm³/mol. The predicted octanol–water partition coefficient (Wildman–Crippen LogP) is 1.10. The van der Waals surface area contributed by atoms with E-state index in [0.717, 1.165) is 19.6 Å². The van der Waals surface area contributed by atoms with Gasteiger partial charge in [0, 0.05) is 6.54 Å². The van der Waals surface area contributed by atoms with Gasteiger partial charge in [-0.15, -0.1) is 0 Å². The minimum atomic E-state index is 0.952. The van der Waals surface area contributed by atoms with Gasteiger partial charge in [-0.3, -0.25) is 0 Å². The van der Waals surface area contributed by atoms with Crippen LogP contribution < -0.4 is 5.32 Å². The van der Waals surface area contributed by atoms with E-state index in [1.54, 1.807) is 0 Å². The largest absolute Gasteiger partial charge is 0.313 e. The van der Waals surface area contributed by atoms with Crippen molar-refractivity contribution in [3.63, 3.8) is 0 Å². The normalized spacial score (nSPS) is 10.5. The molecule has 0 saturated carbocycles. The highest BCUT2D eigenvalue weighted by atomic mass is 15.0. The molecule has 0 aromatic heterocycles. The Morgan fingerprint density at radius 2 is 2.09 bits per heavy atom. The molecule has 0 atom stereocenters. The maximum absolute atomic E-state index is 3.81. The Labute approximate surface area is 70.3 Å². The van der Waals surface area contributed by atoms with Crippen molar-refractivity contribution in [3.8, 4) is 0 Å². The third kappa shape index (κ3) is 9.66. The quantitative estimate of drug-likeness (QED) is 0.458. The second kappa shape index (κ2) is 6.38. The number of nitrogens with one attached hydrogen (secondary N) is 1. The van der Waals surface area contributed by atoms with Gasteiger partial charge in [0.2, 0.25) is 0 Å². The van der Waals surface area contributed by atoms with Gasteiger partial charge in [0.15, 0.2) is 0 Å². The van der Waals surface area contributed by atoms with Crippen molar-refractivity contribution in [2.45, 2.75) is 13.3 Å². The Hall–Kier alpha value is -0.340. The van der Waals surface area contributed by atoms with Crippen LogP contribution in [-0.2, 0) is 0 Å². The summed E-state index contributed by atoms with van der Waals surface area (Å²) in [7, 11) is 4.19. The maximum atomic E-state index is 3.81. The van der Waals surface area contributed by atoms with E-state index in [2.05, 4.69) is 30.9 Å². The van der Waals surface area contributed by atoms with E-state index in [4.69, 9.17) is 0 Å². The van der Waals surface area contributed by atoms with Gasteiger partial charge < -0.3 is 10.2 Å². The molecule has 0 fully saturated rings. The molecule has 0 spiro atoms. The molecule has 0 rings (SSSR count). The van der Waals surface area contributed by atoms with Crippen molar-refractivity contribution in [1.82, 2.24) is 10.2 Å². The molecule has 2 heteroatoms. The van der Waals surface area contributed by atoms with E-state index in [1.165, 1.54) is 12.0 Å². The molecule has 1 N–H and O–H groups in total. The second-order valence-electron chi connectivity index (χ2n) is 3.29. The van der Waals surface area contributed by atoms with Crippen molar-refractivity contribution in [2.75, 3.05) is 33.7 Å². The van der Waals surface area contributed by atoms with Gasteiger partial charge in [0.05, 0.1) is 0 Å². The van der Waals surface area contributed by atoms with Crippen molar-refractivity contribution in [3.05, 3.63) is 12.2 Å². The fourth-order valence-corrected chi connectivity index (χ4v) is 0.822. The van der Waals surface area contributed by atoms with Crippen LogP contribution in [0.3, 0.4) is 0 Å². The summed E-state index contributed by atoms with van der Waals surface area (Å²) in [5.74, 6) is 0. The summed E-state index contributed by atoms with van der Waals surface area (Å²) < 4.78 is 0. The monoisotopic (exact) mass is 156 g/mol. The standard InChI is InChI=1S/C9H20N2/c1-9(2)8-10-6-5-7-11(3)4/h10H,1,5-8H2,2-4H3. The first-order valence-corrected chi connectivity index (χ1v) is 4.12. The average Bonchev–Trinajstić information content (AvgIpc) is 1.85. The summed E-state index contributed by atoms with van der Waals surface area (Å²) in [6.07, 6.45) is 1.21. The maximum Gasteiger partial charge on any atom is 0.0159 e. The van der Waals surface area contributed by atoms with Gasteiger partial charge in [-0.05, 0) is 40.5 Å². The fraction of sp³-hybridized carbons (Fsp3) is 0.778. The Morgan fingerprint density at radius 1 is 1.45 bits per heavy atom. The van der Waals surface area contributed by atoms with Crippen LogP contribution in [0.1, 0.15) is 13.3 Å². The molecular weight excluding hydrogens is 136 g/mol. The molecule has 0 aromatic carbocycles. The van der Waals surface area contributed by atoms with E-state index < -0.39 is 0 Å². The lowest BCUT2D eigenvalue weighted by Gasteiger charge is -2.09. The zero-order valence-corrected chi connectivity index (χ0v) is 7.98. The lowest BCUT2D eigenvalue weighted by molar-refractivity contribution is 0.396. The Kier molecular flexibility index (Phi) is 6.18. The van der Waals surface area contributed by atoms with Gasteiger partial charge in [-0.25, -0.2) is 0 Å². The first-order valence-electron chi connectivity index (χ1n) is 4.12. The smallest absolute Gasteiger partial charge is 0.0159 e. The summed E-state index contributed by atoms with van der Waals surface area (Å²) in [5, 5.41) is 3.31. The zero-order valence-electron chi connectivity index (χ0n) is 7.98. The molecule has 2 nitrogen and oxygen atoms in total. The number of nitrogens with zero attached hydrogens (tertiary/aromatic N) is 1. The molecule has 11 heavy (non-hydrogen) atoms. The Balaban J connectivity index is 2.97. The molecule has 0 aliphatic heterocycles. The highest BCUT2D eigenvalue weighted by molar-refractivity contribution is 4.90. The van der Waals surface area contributed by atoms with Crippen LogP contribution >= 0.6 is 0 Å². The molecule has 0 heterocycles. The number of hydrogen-bond donors (Lipinski definition) is 1. The highest BCUT2D eigenvalue weighted by Gasteiger charge is 1.89. The van der Waals surface area contributed by atoms with Crippen molar-refractivity contribution < 1.29 is 0 Å². The Bertz CT molecular complexity index is 108. The first kappa shape index (κ1) is 10.7. The molecule has 66 valence electrons. The van der Waals surface area contributed by atoms with Crippen LogP contribution in [-0.4, -0.2) is 38.6 Å². The molecule has 0 radical (unpaired) electrons. The summed E-state index contributed by atoms with van der Waals surface area (Å²) in [6, 6.07) is 0. The van der Waals surface area contributed by atoms with E-state index in [1.807, 2.05) is 6.92 Å². The molecule has 0 unspecified atom stereocenters. The number of hydrogen-bond acceptors (Lipinski definition) is 2. The minimum Gasteiger partial charge on any atom is -0.313 e. The van der Waals surface area contributed by atoms with Crippen LogP contribution in [0.15, 0.2) is 12.2 Å². The van der Waals surface area contributed by atoms with E-state index >= 15 is 0 Å². The van der Waals surface area contributed by atoms with Gasteiger partial charge in [-0.1, -0.05) is 12.2 Å². The minimum absolute atomic E-state index is 0.952. The lowest BCUT2D eigenvalue weighted by Crippen LogP contribution is -2.22. The first-order chi connectivity index (χ1) is 5.13. The van der Waals surface area contributed by atoms with Crippen molar-refractivity contribution >= 4 is 0 Å². The fourth-order valence-electron chi connectivity index (χ4n) is 0.822. The van der Waals surface area contributed by atoms with Gasteiger partial charge >= 0.3 is 0 Å². The van der Waals surface area contributed by atoms with E-state index in [9.17, 15) is 0 Å². The third-order valence-electron chi connectivity index (χ3n) is 1.39. The van der Waals surface area contributed by atoms with Crippen LogP contribution in [0.4, 0.5) is 0 Å². The zero-order chi connectivity index (χ0) is 8.69. The van der Waals surface area contributed by atoms with Crippen molar-refractivity contribution in [2.24, 2.45) is 0 Å². The Morgan fingerprint density at radius 3 is 2.55 bits per heavy atom. The van der Waals surface area contributed by atoms with Crippen LogP contribution in [0, 0.1) is 0 Å². The van der Waals surface area contributed by atoms with E-state index in [0.29, 0.717) is 0 Å². The van der Waals surface area contributed by atoms with Crippen LogP contribution in [0.25, 0.3) is 0 Å². The molecule has 0 bridgehead atoms. The lowest BCUT2D eigenvalue weighted by atomic mass is 10.3. The third-order valence-corrected chi connectivity index (χ3v) is 1.39. The number of rotatable bonds is 6. The van der Waals surface area contributed by atoms with Gasteiger partial charge in [-0.2, -0.15) is 0 Å². The molecule has 0 saturated heterocycles. The summed E-state index contributed by atoms with van der Waals surface area (Å²) in [6.45, 7) is 9.05.